The van der Waals surface area contributed by atoms with E-state index in [2.05, 4.69) is 47.6 Å². The van der Waals surface area contributed by atoms with Gasteiger partial charge in [0.05, 0.1) is 17.9 Å². The van der Waals surface area contributed by atoms with Gasteiger partial charge in [0, 0.05) is 31.4 Å². The molecule has 44 heavy (non-hydrogen) atoms. The Labute approximate surface area is 261 Å². The molecule has 1 saturated carbocycles. The average molecular weight is 599 g/mol. The van der Waals surface area contributed by atoms with Crippen molar-refractivity contribution in [2.24, 2.45) is 23.7 Å². The monoisotopic (exact) mass is 598 g/mol. The van der Waals surface area contributed by atoms with Gasteiger partial charge in [0.1, 0.15) is 11.6 Å². The van der Waals surface area contributed by atoms with Crippen molar-refractivity contribution < 1.29 is 19.1 Å². The molecule has 2 bridgehead atoms. The lowest BCUT2D eigenvalue weighted by Crippen LogP contribution is -2.58. The Morgan fingerprint density at radius 2 is 1.77 bits per heavy atom. The number of rotatable bonds is 9. The molecule has 1 aliphatic carbocycles. The van der Waals surface area contributed by atoms with Gasteiger partial charge in [-0.15, -0.1) is 0 Å². The van der Waals surface area contributed by atoms with Crippen molar-refractivity contribution in [3.8, 4) is 0 Å². The molecule has 4 aliphatic rings. The van der Waals surface area contributed by atoms with Crippen LogP contribution in [0.3, 0.4) is 0 Å². The summed E-state index contributed by atoms with van der Waals surface area (Å²) in [7, 11) is 2.02. The molecule has 3 aliphatic heterocycles. The summed E-state index contributed by atoms with van der Waals surface area (Å²) in [4.78, 5) is 46.4. The molecule has 3 fully saturated rings. The van der Waals surface area contributed by atoms with Gasteiger partial charge < -0.3 is 25.2 Å². The topological polar surface area (TPSA) is 91.0 Å². The van der Waals surface area contributed by atoms with Crippen LogP contribution in [0.4, 0.5) is 5.69 Å². The van der Waals surface area contributed by atoms with E-state index in [4.69, 9.17) is 4.74 Å². The maximum Gasteiger partial charge on any atom is 0.246 e. The molecule has 0 unspecified atom stereocenters. The number of benzene rings is 2. The van der Waals surface area contributed by atoms with Gasteiger partial charge >= 0.3 is 0 Å². The van der Waals surface area contributed by atoms with E-state index in [1.165, 1.54) is 5.56 Å². The lowest BCUT2D eigenvalue weighted by atomic mass is 9.73. The van der Waals surface area contributed by atoms with Crippen molar-refractivity contribution >= 4 is 23.4 Å². The Hall–Kier alpha value is -3.49. The summed E-state index contributed by atoms with van der Waals surface area (Å²) < 4.78 is 6.57. The molecule has 0 radical (unpaired) electrons. The quantitative estimate of drug-likeness (QED) is 0.416. The van der Waals surface area contributed by atoms with Crippen LogP contribution in [0.1, 0.15) is 49.8 Å². The summed E-state index contributed by atoms with van der Waals surface area (Å²) in [5.74, 6) is -1.23. The van der Waals surface area contributed by atoms with Gasteiger partial charge in [-0.3, -0.25) is 14.4 Å². The zero-order valence-corrected chi connectivity index (χ0v) is 26.6. The first-order valence-corrected chi connectivity index (χ1v) is 16.2. The minimum atomic E-state index is -1.17. The molecule has 2 aromatic carbocycles. The molecule has 3 heterocycles. The second kappa shape index (κ2) is 12.1. The lowest BCUT2D eigenvalue weighted by Gasteiger charge is -2.38. The lowest BCUT2D eigenvalue weighted by molar-refractivity contribution is -0.141. The first-order valence-electron chi connectivity index (χ1n) is 16.2. The minimum absolute atomic E-state index is 0.0469. The van der Waals surface area contributed by atoms with Crippen molar-refractivity contribution in [1.82, 2.24) is 15.1 Å². The van der Waals surface area contributed by atoms with Gasteiger partial charge in [0.2, 0.25) is 17.7 Å². The molecule has 2 N–H and O–H groups in total. The van der Waals surface area contributed by atoms with Gasteiger partial charge in [-0.2, -0.15) is 0 Å². The molecule has 3 amide bonds. The maximum absolute atomic E-state index is 14.4. The first kappa shape index (κ1) is 30.5. The second-order valence-corrected chi connectivity index (χ2v) is 13.7. The minimum Gasteiger partial charge on any atom is -0.359 e. The summed E-state index contributed by atoms with van der Waals surface area (Å²) in [6, 6.07) is 15.3. The molecule has 6 rings (SSSR count). The molecule has 0 aromatic heterocycles. The molecule has 8 heteroatoms. The van der Waals surface area contributed by atoms with E-state index in [1.54, 1.807) is 4.90 Å². The molecule has 2 saturated heterocycles. The normalized spacial score (nSPS) is 32.3. The van der Waals surface area contributed by atoms with Crippen LogP contribution in [0.2, 0.25) is 0 Å². The largest absolute Gasteiger partial charge is 0.359 e. The predicted octanol–water partition coefficient (Wildman–Crippen LogP) is 4.47. The number of fused-ring (bicyclic) bond motifs is 1. The van der Waals surface area contributed by atoms with Gasteiger partial charge in [0.25, 0.3) is 0 Å². The highest BCUT2D eigenvalue weighted by molar-refractivity contribution is 6.02. The van der Waals surface area contributed by atoms with E-state index in [-0.39, 0.29) is 23.8 Å². The molecule has 8 atom stereocenters. The van der Waals surface area contributed by atoms with Gasteiger partial charge in [-0.25, -0.2) is 0 Å². The highest BCUT2D eigenvalue weighted by atomic mass is 16.5. The number of anilines is 1. The summed E-state index contributed by atoms with van der Waals surface area (Å²) in [6.45, 7) is 10.1. The Bertz CT molecular complexity index is 1420. The molecule has 8 nitrogen and oxygen atoms in total. The van der Waals surface area contributed by atoms with Crippen molar-refractivity contribution in [3.05, 3.63) is 77.4 Å². The van der Waals surface area contributed by atoms with Crippen LogP contribution < -0.4 is 10.6 Å². The number of likely N-dealkylation sites (tertiary alicyclic amines) is 1. The van der Waals surface area contributed by atoms with Crippen LogP contribution in [0.5, 0.6) is 0 Å². The van der Waals surface area contributed by atoms with Crippen molar-refractivity contribution in [3.63, 3.8) is 0 Å². The first-order chi connectivity index (χ1) is 21.1. The Balaban J connectivity index is 1.27. The van der Waals surface area contributed by atoms with Crippen molar-refractivity contribution in [1.29, 1.82) is 0 Å². The van der Waals surface area contributed by atoms with Gasteiger partial charge in [-0.05, 0) is 68.0 Å². The molecule has 2 aromatic rings. The summed E-state index contributed by atoms with van der Waals surface area (Å²) >= 11 is 0. The number of likely N-dealkylation sites (N-methyl/N-ethyl adjacent to an activating group) is 1. The zero-order valence-electron chi connectivity index (χ0n) is 26.6. The van der Waals surface area contributed by atoms with E-state index < -0.39 is 29.6 Å². The Morgan fingerprint density at radius 1 is 1.05 bits per heavy atom. The second-order valence-electron chi connectivity index (χ2n) is 13.7. The summed E-state index contributed by atoms with van der Waals surface area (Å²) in [6.07, 6.45) is 6.38. The van der Waals surface area contributed by atoms with Crippen LogP contribution in [0, 0.1) is 37.5 Å². The fourth-order valence-corrected chi connectivity index (χ4v) is 8.08. The van der Waals surface area contributed by atoms with E-state index in [0.717, 1.165) is 36.9 Å². The highest BCUT2D eigenvalue weighted by Gasteiger charge is 2.72. The molecular weight excluding hydrogens is 552 g/mol. The smallest absolute Gasteiger partial charge is 0.246 e. The average Bonchev–Trinajstić information content (AvgIpc) is 3.61. The summed E-state index contributed by atoms with van der Waals surface area (Å²) in [5.41, 5.74) is 2.81. The fourth-order valence-electron chi connectivity index (χ4n) is 8.08. The third-order valence-electron chi connectivity index (χ3n) is 10.5. The van der Waals surface area contributed by atoms with E-state index in [0.29, 0.717) is 30.6 Å². The van der Waals surface area contributed by atoms with E-state index >= 15 is 0 Å². The number of aryl methyl sites for hydroxylation is 2. The zero-order chi connectivity index (χ0) is 31.2. The van der Waals surface area contributed by atoms with E-state index in [1.807, 2.05) is 63.4 Å². The fraction of sp³-hybridized carbons (Fsp3) is 0.528. The third-order valence-corrected chi connectivity index (χ3v) is 10.5. The molecule has 1 spiro atoms. The number of ether oxygens (including phenoxy) is 1. The molecular formula is C36H46N4O4. The Kier molecular flexibility index (Phi) is 8.42. The van der Waals surface area contributed by atoms with Gasteiger partial charge in [0.15, 0.2) is 0 Å². The third kappa shape index (κ3) is 5.58. The maximum atomic E-state index is 14.4. The standard InChI is InChI=1S/C36H46N4O4/c1-22-18-23(2)20-27(19-22)37-33(41)30-29-14-15-36(44-29)31(30)35(43)40(17-16-39(5)21-26-11-7-6-8-12-26)32(36)34(42)38-28-13-9-10-24(3)25(28)4/h6-8,11-12,14-15,18-20,24-25,28-32H,9-10,13,16-17,21H2,1-5H3,(H,37,41)(H,38,42)/t24-,25-,28-,29+,30-,31+,32+,36+/m1/s1. The number of nitrogens with one attached hydrogen (secondary N) is 2. The number of hydrogen-bond donors (Lipinski definition) is 2. The number of amides is 3. The van der Waals surface area contributed by atoms with Crippen LogP contribution >= 0.6 is 0 Å². The number of carbonyl (C=O) groups is 3. The van der Waals surface area contributed by atoms with Crippen molar-refractivity contribution in [2.45, 2.75) is 77.3 Å². The number of carbonyl (C=O) groups excluding carboxylic acids is 3. The Morgan fingerprint density at radius 3 is 2.50 bits per heavy atom. The number of hydrogen-bond acceptors (Lipinski definition) is 5. The van der Waals surface area contributed by atoms with Crippen LogP contribution in [0.25, 0.3) is 0 Å². The molecule has 234 valence electrons. The number of nitrogens with zero attached hydrogens (tertiary/aromatic N) is 2. The van der Waals surface area contributed by atoms with Crippen LogP contribution in [-0.2, 0) is 25.7 Å². The SMILES string of the molecule is Cc1cc(C)cc(NC(=O)[C@@H]2[C@@H]3C=C[C@]4(O3)[C@@H]2C(=O)N(CCN(C)Cc2ccccc2)[C@H]4C(=O)N[C@@H]2CCC[C@@H](C)[C@H]2C)c1. The summed E-state index contributed by atoms with van der Waals surface area (Å²) in [5, 5.41) is 6.41. The highest BCUT2D eigenvalue weighted by Crippen LogP contribution is 2.55. The van der Waals surface area contributed by atoms with E-state index in [9.17, 15) is 14.4 Å². The van der Waals surface area contributed by atoms with Crippen LogP contribution in [-0.4, -0.2) is 71.4 Å². The van der Waals surface area contributed by atoms with Crippen LogP contribution in [0.15, 0.2) is 60.7 Å². The predicted molar refractivity (Wildman–Crippen MR) is 171 cm³/mol. The van der Waals surface area contributed by atoms with Crippen molar-refractivity contribution in [2.75, 3.05) is 25.5 Å². The van der Waals surface area contributed by atoms with Gasteiger partial charge in [-0.1, -0.05) is 75.2 Å².